The minimum absolute atomic E-state index is 0.104. The summed E-state index contributed by atoms with van der Waals surface area (Å²) in [6.45, 7) is 1.99. The molecule has 0 aliphatic rings. The van der Waals surface area contributed by atoms with Gasteiger partial charge in [0, 0.05) is 12.1 Å². The Morgan fingerprint density at radius 2 is 2.00 bits per heavy atom. The van der Waals surface area contributed by atoms with Gasteiger partial charge in [-0.25, -0.2) is 9.48 Å². The minimum Gasteiger partial charge on any atom is -0.495 e. The molecule has 2 aromatic rings. The molecule has 1 aromatic heterocycles. The maximum atomic E-state index is 11.6. The van der Waals surface area contributed by atoms with Crippen molar-refractivity contribution in [3.05, 3.63) is 29.0 Å². The van der Waals surface area contributed by atoms with Gasteiger partial charge in [0.25, 0.3) is 0 Å². The largest absolute Gasteiger partial charge is 0.495 e. The number of hydrogen-bond donors (Lipinski definition) is 0. The van der Waals surface area contributed by atoms with Gasteiger partial charge in [0.15, 0.2) is 5.69 Å². The Bertz CT molecular complexity index is 657. The third-order valence-corrected chi connectivity index (χ3v) is 2.97. The molecule has 0 aliphatic carbocycles. The normalized spacial score (nSPS) is 10.3. The zero-order valence-electron chi connectivity index (χ0n) is 11.8. The van der Waals surface area contributed by atoms with E-state index >= 15 is 0 Å². The summed E-state index contributed by atoms with van der Waals surface area (Å²) >= 11 is 6.04. The third-order valence-electron chi connectivity index (χ3n) is 2.68. The number of nitrogens with zero attached hydrogens (tertiary/aromatic N) is 3. The second-order valence-corrected chi connectivity index (χ2v) is 4.33. The maximum Gasteiger partial charge on any atom is 0.360 e. The average Bonchev–Trinajstić information content (AvgIpc) is 2.96. The number of methoxy groups -OCH3 is 2. The van der Waals surface area contributed by atoms with Crippen LogP contribution in [0.25, 0.3) is 5.69 Å². The lowest BCUT2D eigenvalue weighted by Gasteiger charge is -2.11. The lowest BCUT2D eigenvalue weighted by molar-refractivity contribution is 0.0519. The van der Waals surface area contributed by atoms with E-state index in [1.165, 1.54) is 25.1 Å². The fraction of sp³-hybridized carbons (Fsp3) is 0.308. The number of carbonyl (C=O) groups is 1. The average molecular weight is 312 g/mol. The van der Waals surface area contributed by atoms with Crippen molar-refractivity contribution in [2.24, 2.45) is 0 Å². The Morgan fingerprint density at radius 3 is 2.62 bits per heavy atom. The van der Waals surface area contributed by atoms with Crippen molar-refractivity contribution >= 4 is 17.6 Å². The molecule has 8 heteroatoms. The van der Waals surface area contributed by atoms with E-state index in [-0.39, 0.29) is 12.3 Å². The third kappa shape index (κ3) is 3.08. The van der Waals surface area contributed by atoms with Crippen molar-refractivity contribution in [2.45, 2.75) is 6.92 Å². The number of ether oxygens (including phenoxy) is 3. The predicted molar refractivity (Wildman–Crippen MR) is 75.4 cm³/mol. The molecule has 0 fully saturated rings. The van der Waals surface area contributed by atoms with Crippen molar-refractivity contribution in [2.75, 3.05) is 20.8 Å². The highest BCUT2D eigenvalue weighted by Crippen LogP contribution is 2.34. The molecule has 0 N–H and O–H groups in total. The SMILES string of the molecule is CCOC(=O)c1cn(-c2cc(OC)c(Cl)cc2OC)nn1. The van der Waals surface area contributed by atoms with Crippen LogP contribution in [0.15, 0.2) is 18.3 Å². The summed E-state index contributed by atoms with van der Waals surface area (Å²) in [6.07, 6.45) is 1.45. The van der Waals surface area contributed by atoms with E-state index in [1.54, 1.807) is 19.1 Å². The molecule has 0 aliphatic heterocycles. The monoisotopic (exact) mass is 311 g/mol. The number of benzene rings is 1. The summed E-state index contributed by atoms with van der Waals surface area (Å²) in [5.74, 6) is 0.394. The first kappa shape index (κ1) is 15.1. The van der Waals surface area contributed by atoms with Gasteiger partial charge in [-0.15, -0.1) is 5.10 Å². The molecule has 1 aromatic carbocycles. The van der Waals surface area contributed by atoms with Crippen LogP contribution in [0.3, 0.4) is 0 Å². The van der Waals surface area contributed by atoms with E-state index in [0.717, 1.165) is 0 Å². The van der Waals surface area contributed by atoms with Crippen LogP contribution in [0.4, 0.5) is 0 Å². The van der Waals surface area contributed by atoms with Crippen LogP contribution in [0.1, 0.15) is 17.4 Å². The van der Waals surface area contributed by atoms with Crippen LogP contribution in [-0.2, 0) is 4.74 Å². The Hall–Kier alpha value is -2.28. The van der Waals surface area contributed by atoms with E-state index in [0.29, 0.717) is 22.2 Å². The topological polar surface area (TPSA) is 75.5 Å². The quantitative estimate of drug-likeness (QED) is 0.787. The zero-order chi connectivity index (χ0) is 15.4. The number of esters is 1. The molecule has 21 heavy (non-hydrogen) atoms. The molecule has 2 rings (SSSR count). The molecular formula is C13H14ClN3O4. The molecule has 0 spiro atoms. The lowest BCUT2D eigenvalue weighted by atomic mass is 10.2. The van der Waals surface area contributed by atoms with Crippen molar-refractivity contribution in [1.82, 2.24) is 15.0 Å². The number of halogens is 1. The molecule has 1 heterocycles. The Balaban J connectivity index is 2.44. The molecule has 0 saturated carbocycles. The Labute approximate surface area is 126 Å². The summed E-state index contributed by atoms with van der Waals surface area (Å²) in [5, 5.41) is 8.07. The van der Waals surface area contributed by atoms with Crippen molar-refractivity contribution in [1.29, 1.82) is 0 Å². The molecule has 0 saturated heterocycles. The Kier molecular flexibility index (Phi) is 4.64. The minimum atomic E-state index is -0.538. The predicted octanol–water partition coefficient (Wildman–Crippen LogP) is 2.11. The van der Waals surface area contributed by atoms with Gasteiger partial charge >= 0.3 is 5.97 Å². The maximum absolute atomic E-state index is 11.6. The van der Waals surface area contributed by atoms with E-state index in [9.17, 15) is 4.79 Å². The van der Waals surface area contributed by atoms with Gasteiger partial charge in [-0.3, -0.25) is 0 Å². The molecule has 112 valence electrons. The zero-order valence-corrected chi connectivity index (χ0v) is 12.5. The van der Waals surface area contributed by atoms with Crippen LogP contribution in [0, 0.1) is 0 Å². The van der Waals surface area contributed by atoms with Crippen LogP contribution in [0.5, 0.6) is 11.5 Å². The van der Waals surface area contributed by atoms with Crippen molar-refractivity contribution in [3.8, 4) is 17.2 Å². The number of aromatic nitrogens is 3. The second kappa shape index (κ2) is 6.45. The van der Waals surface area contributed by atoms with Crippen molar-refractivity contribution < 1.29 is 19.0 Å². The summed E-state index contributed by atoms with van der Waals surface area (Å²) in [6, 6.07) is 3.24. The van der Waals surface area contributed by atoms with Gasteiger partial charge in [-0.05, 0) is 6.92 Å². The fourth-order valence-electron chi connectivity index (χ4n) is 1.70. The standard InChI is InChI=1S/C13H14ClN3O4/c1-4-21-13(18)9-7-17(16-15-9)10-6-11(19-2)8(14)5-12(10)20-3/h5-7H,4H2,1-3H3. The van der Waals surface area contributed by atoms with E-state index in [2.05, 4.69) is 10.3 Å². The molecule has 0 amide bonds. The molecule has 0 bridgehead atoms. The van der Waals surface area contributed by atoms with Crippen LogP contribution in [-0.4, -0.2) is 41.8 Å². The van der Waals surface area contributed by atoms with Crippen LogP contribution < -0.4 is 9.47 Å². The van der Waals surface area contributed by atoms with Crippen LogP contribution in [0.2, 0.25) is 5.02 Å². The molecule has 0 radical (unpaired) electrons. The summed E-state index contributed by atoms with van der Waals surface area (Å²) in [4.78, 5) is 11.6. The summed E-state index contributed by atoms with van der Waals surface area (Å²) in [7, 11) is 3.01. The highest BCUT2D eigenvalue weighted by Gasteiger charge is 2.16. The Morgan fingerprint density at radius 1 is 1.29 bits per heavy atom. The first-order chi connectivity index (χ1) is 10.1. The van der Waals surface area contributed by atoms with Gasteiger partial charge < -0.3 is 14.2 Å². The lowest BCUT2D eigenvalue weighted by Crippen LogP contribution is -2.04. The summed E-state index contributed by atoms with van der Waals surface area (Å²) < 4.78 is 16.7. The first-order valence-electron chi connectivity index (χ1n) is 6.12. The van der Waals surface area contributed by atoms with E-state index in [4.69, 9.17) is 25.8 Å². The molecule has 7 nitrogen and oxygen atoms in total. The van der Waals surface area contributed by atoms with Crippen molar-refractivity contribution in [3.63, 3.8) is 0 Å². The number of carbonyl (C=O) groups excluding carboxylic acids is 1. The molecule has 0 atom stereocenters. The van der Waals surface area contributed by atoms with Gasteiger partial charge in [0.1, 0.15) is 17.2 Å². The van der Waals surface area contributed by atoms with Crippen LogP contribution >= 0.6 is 11.6 Å². The smallest absolute Gasteiger partial charge is 0.360 e. The van der Waals surface area contributed by atoms with Gasteiger partial charge in [-0.1, -0.05) is 16.8 Å². The number of rotatable bonds is 5. The van der Waals surface area contributed by atoms with Gasteiger partial charge in [0.2, 0.25) is 0 Å². The number of hydrogen-bond acceptors (Lipinski definition) is 6. The molecule has 0 unspecified atom stereocenters. The second-order valence-electron chi connectivity index (χ2n) is 3.93. The highest BCUT2D eigenvalue weighted by molar-refractivity contribution is 6.32. The van der Waals surface area contributed by atoms with Gasteiger partial charge in [-0.2, -0.15) is 0 Å². The van der Waals surface area contributed by atoms with E-state index in [1.807, 2.05) is 0 Å². The molecular weight excluding hydrogens is 298 g/mol. The summed E-state index contributed by atoms with van der Waals surface area (Å²) in [5.41, 5.74) is 0.648. The van der Waals surface area contributed by atoms with E-state index < -0.39 is 5.97 Å². The highest BCUT2D eigenvalue weighted by atomic mass is 35.5. The fourth-order valence-corrected chi connectivity index (χ4v) is 1.93. The van der Waals surface area contributed by atoms with Gasteiger partial charge in [0.05, 0.1) is 32.0 Å². The first-order valence-corrected chi connectivity index (χ1v) is 6.49.